The van der Waals surface area contributed by atoms with Crippen molar-refractivity contribution in [1.29, 1.82) is 0 Å². The fourth-order valence-corrected chi connectivity index (χ4v) is 2.66. The minimum absolute atomic E-state index is 0.106. The summed E-state index contributed by atoms with van der Waals surface area (Å²) in [6.45, 7) is 1.63. The molecule has 1 amide bonds. The second-order valence-corrected chi connectivity index (χ2v) is 5.86. The third-order valence-corrected chi connectivity index (χ3v) is 3.99. The first-order valence-electron chi connectivity index (χ1n) is 8.36. The lowest BCUT2D eigenvalue weighted by molar-refractivity contribution is 0.153. The van der Waals surface area contributed by atoms with Gasteiger partial charge in [0.15, 0.2) is 17.4 Å². The smallest absolute Gasteiger partial charge is 0.406 e. The molecule has 0 atom stereocenters. The summed E-state index contributed by atoms with van der Waals surface area (Å²) in [5.41, 5.74) is 2.89. The highest BCUT2D eigenvalue weighted by Crippen LogP contribution is 2.28. The molecule has 0 bridgehead atoms. The fourth-order valence-electron chi connectivity index (χ4n) is 2.66. The Bertz CT molecular complexity index is 1180. The van der Waals surface area contributed by atoms with Crippen LogP contribution in [0.3, 0.4) is 0 Å². The van der Waals surface area contributed by atoms with Crippen molar-refractivity contribution in [3.05, 3.63) is 60.6 Å². The van der Waals surface area contributed by atoms with Crippen LogP contribution >= 0.6 is 0 Å². The minimum atomic E-state index is -2.72. The van der Waals surface area contributed by atoms with Gasteiger partial charge in [0.25, 0.3) is 6.43 Å². The summed E-state index contributed by atoms with van der Waals surface area (Å²) in [5.74, 6) is 0.717. The van der Waals surface area contributed by atoms with Crippen molar-refractivity contribution in [1.82, 2.24) is 29.6 Å². The molecule has 4 aromatic heterocycles. The Balaban J connectivity index is 1.54. The van der Waals surface area contributed by atoms with Crippen molar-refractivity contribution in [2.24, 2.45) is 0 Å². The van der Waals surface area contributed by atoms with Crippen LogP contribution in [0.25, 0.3) is 22.6 Å². The molecule has 0 radical (unpaired) electrons. The van der Waals surface area contributed by atoms with E-state index in [1.807, 2.05) is 0 Å². The van der Waals surface area contributed by atoms with Crippen molar-refractivity contribution in [2.45, 2.75) is 13.3 Å². The molecule has 9 nitrogen and oxygen atoms in total. The summed E-state index contributed by atoms with van der Waals surface area (Å²) >= 11 is 0. The normalized spacial score (nSPS) is 11.0. The van der Waals surface area contributed by atoms with E-state index < -0.39 is 12.5 Å². The van der Waals surface area contributed by atoms with Gasteiger partial charge >= 0.3 is 6.09 Å². The lowest BCUT2D eigenvalue weighted by Crippen LogP contribution is -2.25. The number of alkyl halides is 2. The molecular formula is C18H13F2N7O2. The van der Waals surface area contributed by atoms with E-state index in [1.165, 1.54) is 24.7 Å². The average Bonchev–Trinajstić information content (AvgIpc) is 3.09. The third kappa shape index (κ3) is 3.70. The quantitative estimate of drug-likeness (QED) is 0.563. The van der Waals surface area contributed by atoms with Crippen LogP contribution in [0.2, 0.25) is 0 Å². The molecule has 4 rings (SSSR count). The molecule has 0 aliphatic rings. The van der Waals surface area contributed by atoms with Gasteiger partial charge in [0, 0.05) is 41.9 Å². The molecule has 11 heteroatoms. The van der Waals surface area contributed by atoms with Crippen LogP contribution in [-0.4, -0.2) is 35.7 Å². The highest BCUT2D eigenvalue weighted by Gasteiger charge is 2.18. The standard InChI is InChI=1S/C18H13F2N7O2/c1-10-14(8-24-17(25-10)16-22-4-2-5-23-16)29-18(28)26-27-9-12(15(19)20)11-7-21-6-3-13(11)27/h2-9,15H,1H3,(H,26,28). The molecule has 4 heterocycles. The molecule has 4 aromatic rings. The highest BCUT2D eigenvalue weighted by atomic mass is 19.3. The Morgan fingerprint density at radius 1 is 1.14 bits per heavy atom. The predicted octanol–water partition coefficient (Wildman–Crippen LogP) is 3.27. The average molecular weight is 397 g/mol. The van der Waals surface area contributed by atoms with E-state index in [2.05, 4.69) is 30.3 Å². The Morgan fingerprint density at radius 2 is 1.93 bits per heavy atom. The van der Waals surface area contributed by atoms with Crippen LogP contribution in [0.1, 0.15) is 17.7 Å². The predicted molar refractivity (Wildman–Crippen MR) is 97.9 cm³/mol. The number of ether oxygens (including phenoxy) is 1. The topological polar surface area (TPSA) is 108 Å². The van der Waals surface area contributed by atoms with Gasteiger partial charge < -0.3 is 4.74 Å². The lowest BCUT2D eigenvalue weighted by Gasteiger charge is -2.10. The molecule has 1 N–H and O–H groups in total. The van der Waals surface area contributed by atoms with Crippen molar-refractivity contribution in [2.75, 3.05) is 5.43 Å². The number of aromatic nitrogens is 6. The maximum absolute atomic E-state index is 13.2. The number of rotatable bonds is 4. The van der Waals surface area contributed by atoms with Crippen molar-refractivity contribution in [3.8, 4) is 17.4 Å². The number of hydrogen-bond donors (Lipinski definition) is 1. The number of pyridine rings is 1. The Kier molecular flexibility index (Phi) is 4.77. The fraction of sp³-hybridized carbons (Fsp3) is 0.111. The van der Waals surface area contributed by atoms with E-state index in [0.29, 0.717) is 17.0 Å². The zero-order chi connectivity index (χ0) is 20.4. The second-order valence-electron chi connectivity index (χ2n) is 5.86. The lowest BCUT2D eigenvalue weighted by atomic mass is 10.2. The molecular weight excluding hydrogens is 384 g/mol. The van der Waals surface area contributed by atoms with Crippen molar-refractivity contribution in [3.63, 3.8) is 0 Å². The summed E-state index contributed by atoms with van der Waals surface area (Å²) in [5, 5.41) is 0.231. The molecule has 0 aliphatic heterocycles. The zero-order valence-corrected chi connectivity index (χ0v) is 15.0. The third-order valence-electron chi connectivity index (χ3n) is 3.99. The number of fused-ring (bicyclic) bond motifs is 1. The first-order chi connectivity index (χ1) is 14.0. The Morgan fingerprint density at radius 3 is 2.66 bits per heavy atom. The molecule has 0 unspecified atom stereocenters. The monoisotopic (exact) mass is 397 g/mol. The van der Waals surface area contributed by atoms with Gasteiger partial charge in [0.1, 0.15) is 0 Å². The molecule has 29 heavy (non-hydrogen) atoms. The maximum atomic E-state index is 13.2. The van der Waals surface area contributed by atoms with E-state index in [4.69, 9.17) is 4.74 Å². The molecule has 0 saturated carbocycles. The highest BCUT2D eigenvalue weighted by molar-refractivity contribution is 5.87. The largest absolute Gasteiger partial charge is 0.432 e. The number of aryl methyl sites for hydroxylation is 1. The molecule has 0 spiro atoms. The van der Waals surface area contributed by atoms with Gasteiger partial charge in [-0.25, -0.2) is 38.9 Å². The van der Waals surface area contributed by atoms with E-state index in [0.717, 1.165) is 10.9 Å². The molecule has 146 valence electrons. The molecule has 0 aliphatic carbocycles. The summed E-state index contributed by atoms with van der Waals surface area (Å²) in [7, 11) is 0. The van der Waals surface area contributed by atoms with Gasteiger partial charge in [-0.15, -0.1) is 0 Å². The van der Waals surface area contributed by atoms with Crippen LogP contribution in [0.4, 0.5) is 13.6 Å². The van der Waals surface area contributed by atoms with Crippen LogP contribution < -0.4 is 10.2 Å². The summed E-state index contributed by atoms with van der Waals surface area (Å²) in [6.07, 6.45) is 4.69. The van der Waals surface area contributed by atoms with Crippen molar-refractivity contribution < 1.29 is 18.3 Å². The molecule has 0 saturated heterocycles. The molecule has 0 fully saturated rings. The van der Waals surface area contributed by atoms with Gasteiger partial charge in [-0.2, -0.15) is 0 Å². The zero-order valence-electron chi connectivity index (χ0n) is 15.0. The van der Waals surface area contributed by atoms with Gasteiger partial charge in [0.2, 0.25) is 0 Å². The number of halogens is 2. The van der Waals surface area contributed by atoms with Crippen LogP contribution in [-0.2, 0) is 0 Å². The van der Waals surface area contributed by atoms with Crippen LogP contribution in [0.15, 0.2) is 49.3 Å². The van der Waals surface area contributed by atoms with Gasteiger partial charge in [-0.3, -0.25) is 9.66 Å². The first-order valence-corrected chi connectivity index (χ1v) is 8.36. The summed E-state index contributed by atoms with van der Waals surface area (Å²) in [6, 6.07) is 3.17. The Hall–Kier alpha value is -4.02. The van der Waals surface area contributed by atoms with Gasteiger partial charge in [-0.05, 0) is 19.1 Å². The minimum Gasteiger partial charge on any atom is -0.406 e. The SMILES string of the molecule is Cc1nc(-c2ncccn2)ncc1OC(=O)Nn1cc(C(F)F)c2cnccc21. The van der Waals surface area contributed by atoms with E-state index in [1.54, 1.807) is 25.4 Å². The Labute approximate surface area is 162 Å². The van der Waals surface area contributed by atoms with Gasteiger partial charge in [0.05, 0.1) is 17.4 Å². The number of amides is 1. The maximum Gasteiger partial charge on any atom is 0.432 e. The van der Waals surface area contributed by atoms with Crippen LogP contribution in [0, 0.1) is 6.92 Å². The van der Waals surface area contributed by atoms with Crippen molar-refractivity contribution >= 4 is 17.0 Å². The first kappa shape index (κ1) is 18.3. The van der Waals surface area contributed by atoms with E-state index >= 15 is 0 Å². The number of hydrogen-bond acceptors (Lipinski definition) is 7. The second kappa shape index (κ2) is 7.54. The summed E-state index contributed by atoms with van der Waals surface area (Å²) in [4.78, 5) is 32.5. The van der Waals surface area contributed by atoms with Crippen LogP contribution in [0.5, 0.6) is 5.75 Å². The van der Waals surface area contributed by atoms with E-state index in [9.17, 15) is 13.6 Å². The number of carbonyl (C=O) groups excluding carboxylic acids is 1. The van der Waals surface area contributed by atoms with E-state index in [-0.39, 0.29) is 22.5 Å². The molecule has 0 aromatic carbocycles. The summed E-state index contributed by atoms with van der Waals surface area (Å²) < 4.78 is 32.8. The number of nitrogens with one attached hydrogen (secondary N) is 1. The number of carbonyl (C=O) groups is 1. The number of nitrogens with zero attached hydrogens (tertiary/aromatic N) is 6. The van der Waals surface area contributed by atoms with Gasteiger partial charge in [-0.1, -0.05) is 0 Å².